The van der Waals surface area contributed by atoms with Gasteiger partial charge in [-0.05, 0) is 31.0 Å². The molecule has 2 unspecified atom stereocenters. The van der Waals surface area contributed by atoms with Gasteiger partial charge in [0.25, 0.3) is 0 Å². The second-order valence-corrected chi connectivity index (χ2v) is 5.20. The monoisotopic (exact) mass is 268 g/mol. The molecule has 3 nitrogen and oxygen atoms in total. The van der Waals surface area contributed by atoms with E-state index in [4.69, 9.17) is 0 Å². The lowest BCUT2D eigenvalue weighted by atomic mass is 9.81. The van der Waals surface area contributed by atoms with Crippen LogP contribution in [0.4, 0.5) is 4.39 Å². The van der Waals surface area contributed by atoms with Crippen molar-refractivity contribution in [1.82, 2.24) is 0 Å². The zero-order valence-corrected chi connectivity index (χ0v) is 11.4. The van der Waals surface area contributed by atoms with Gasteiger partial charge in [-0.3, -0.25) is 4.79 Å². The van der Waals surface area contributed by atoms with Crippen LogP contribution in [0.15, 0.2) is 24.3 Å². The van der Waals surface area contributed by atoms with Crippen LogP contribution in [0.1, 0.15) is 38.7 Å². The van der Waals surface area contributed by atoms with Crippen LogP contribution in [-0.4, -0.2) is 21.8 Å². The third-order valence-electron chi connectivity index (χ3n) is 3.35. The lowest BCUT2D eigenvalue weighted by Crippen LogP contribution is -2.41. The Bertz CT molecular complexity index is 429. The predicted octanol–water partition coefficient (Wildman–Crippen LogP) is 3.01. The van der Waals surface area contributed by atoms with Crippen LogP contribution in [0, 0.1) is 11.7 Å². The molecule has 0 saturated carbocycles. The van der Waals surface area contributed by atoms with Gasteiger partial charge in [0.2, 0.25) is 0 Å². The summed E-state index contributed by atoms with van der Waals surface area (Å²) in [4.78, 5) is 11.3. The minimum Gasteiger partial charge on any atom is -0.481 e. The van der Waals surface area contributed by atoms with E-state index in [9.17, 15) is 19.4 Å². The molecule has 0 fully saturated rings. The number of rotatable bonds is 7. The molecule has 0 aromatic heterocycles. The summed E-state index contributed by atoms with van der Waals surface area (Å²) in [6.07, 6.45) is 2.18. The average Bonchev–Trinajstić information content (AvgIpc) is 2.27. The lowest BCUT2D eigenvalue weighted by Gasteiger charge is -2.30. The van der Waals surface area contributed by atoms with Crippen LogP contribution in [-0.2, 0) is 11.2 Å². The third kappa shape index (κ3) is 4.63. The molecule has 0 bridgehead atoms. The predicted molar refractivity (Wildman–Crippen MR) is 71.4 cm³/mol. The van der Waals surface area contributed by atoms with E-state index < -0.39 is 17.5 Å². The summed E-state index contributed by atoms with van der Waals surface area (Å²) in [5, 5.41) is 19.6. The van der Waals surface area contributed by atoms with E-state index >= 15 is 0 Å². The zero-order valence-electron chi connectivity index (χ0n) is 11.4. The van der Waals surface area contributed by atoms with Crippen molar-refractivity contribution in [2.75, 3.05) is 0 Å². The molecule has 0 heterocycles. The number of carboxylic acids is 1. The van der Waals surface area contributed by atoms with E-state index in [0.29, 0.717) is 12.0 Å². The van der Waals surface area contributed by atoms with Crippen LogP contribution in [0.5, 0.6) is 0 Å². The largest absolute Gasteiger partial charge is 0.481 e. The maximum absolute atomic E-state index is 13.1. The molecule has 0 aliphatic rings. The molecule has 1 aromatic rings. The SMILES string of the molecule is CCCCC(C(=O)O)C(C)(O)Cc1cccc(F)c1. The summed E-state index contributed by atoms with van der Waals surface area (Å²) in [7, 11) is 0. The van der Waals surface area contributed by atoms with Crippen LogP contribution in [0.25, 0.3) is 0 Å². The average molecular weight is 268 g/mol. The highest BCUT2D eigenvalue weighted by atomic mass is 19.1. The number of halogens is 1. The summed E-state index contributed by atoms with van der Waals surface area (Å²) in [5.41, 5.74) is -0.776. The molecule has 0 spiro atoms. The summed E-state index contributed by atoms with van der Waals surface area (Å²) in [6.45, 7) is 3.48. The molecule has 0 saturated heterocycles. The van der Waals surface area contributed by atoms with E-state index in [1.54, 1.807) is 12.1 Å². The molecule has 0 aliphatic heterocycles. The minimum absolute atomic E-state index is 0.130. The number of benzene rings is 1. The number of aliphatic carboxylic acids is 1. The van der Waals surface area contributed by atoms with E-state index in [0.717, 1.165) is 12.8 Å². The topological polar surface area (TPSA) is 57.5 Å². The van der Waals surface area contributed by atoms with Crippen molar-refractivity contribution in [1.29, 1.82) is 0 Å². The van der Waals surface area contributed by atoms with Gasteiger partial charge < -0.3 is 10.2 Å². The maximum atomic E-state index is 13.1. The Balaban J connectivity index is 2.84. The van der Waals surface area contributed by atoms with Gasteiger partial charge in [0.05, 0.1) is 11.5 Å². The van der Waals surface area contributed by atoms with Crippen LogP contribution < -0.4 is 0 Å². The second-order valence-electron chi connectivity index (χ2n) is 5.20. The number of aliphatic hydroxyl groups is 1. The zero-order chi connectivity index (χ0) is 14.5. The van der Waals surface area contributed by atoms with Crippen molar-refractivity contribution in [3.05, 3.63) is 35.6 Å². The number of hydrogen-bond donors (Lipinski definition) is 2. The van der Waals surface area contributed by atoms with Gasteiger partial charge >= 0.3 is 5.97 Å². The second kappa shape index (κ2) is 6.66. The van der Waals surface area contributed by atoms with Gasteiger partial charge in [-0.25, -0.2) is 4.39 Å². The summed E-state index contributed by atoms with van der Waals surface area (Å²) >= 11 is 0. The van der Waals surface area contributed by atoms with E-state index in [-0.39, 0.29) is 12.2 Å². The molecule has 0 radical (unpaired) electrons. The van der Waals surface area contributed by atoms with Crippen LogP contribution in [0.3, 0.4) is 0 Å². The standard InChI is InChI=1S/C15H21FO3/c1-3-4-8-13(14(17)18)15(2,19)10-11-6-5-7-12(16)9-11/h5-7,9,13,19H,3-4,8,10H2,1-2H3,(H,17,18). The van der Waals surface area contributed by atoms with E-state index in [1.807, 2.05) is 6.92 Å². The smallest absolute Gasteiger partial charge is 0.309 e. The highest BCUT2D eigenvalue weighted by Gasteiger charge is 2.36. The van der Waals surface area contributed by atoms with E-state index in [2.05, 4.69) is 0 Å². The first-order chi connectivity index (χ1) is 8.86. The van der Waals surface area contributed by atoms with Crippen molar-refractivity contribution in [2.45, 2.75) is 45.1 Å². The van der Waals surface area contributed by atoms with E-state index in [1.165, 1.54) is 19.1 Å². The fourth-order valence-corrected chi connectivity index (χ4v) is 2.29. The molecule has 1 aromatic carbocycles. The molecule has 106 valence electrons. The summed E-state index contributed by atoms with van der Waals surface area (Å²) in [6, 6.07) is 5.90. The Morgan fingerprint density at radius 1 is 1.47 bits per heavy atom. The first kappa shape index (κ1) is 15.6. The van der Waals surface area contributed by atoms with Gasteiger partial charge in [-0.15, -0.1) is 0 Å². The highest BCUT2D eigenvalue weighted by Crippen LogP contribution is 2.27. The van der Waals surface area contributed by atoms with Gasteiger partial charge in [0, 0.05) is 6.42 Å². The number of unbranched alkanes of at least 4 members (excludes halogenated alkanes) is 1. The van der Waals surface area contributed by atoms with Gasteiger partial charge in [-0.2, -0.15) is 0 Å². The Morgan fingerprint density at radius 2 is 2.16 bits per heavy atom. The van der Waals surface area contributed by atoms with Gasteiger partial charge in [0.1, 0.15) is 5.82 Å². The maximum Gasteiger partial charge on any atom is 0.309 e. The molecular weight excluding hydrogens is 247 g/mol. The third-order valence-corrected chi connectivity index (χ3v) is 3.35. The first-order valence-corrected chi connectivity index (χ1v) is 6.56. The number of hydrogen-bond acceptors (Lipinski definition) is 2. The van der Waals surface area contributed by atoms with Gasteiger partial charge in [0.15, 0.2) is 0 Å². The molecule has 0 aliphatic carbocycles. The lowest BCUT2D eigenvalue weighted by molar-refractivity contribution is -0.151. The van der Waals surface area contributed by atoms with Crippen molar-refractivity contribution in [3.63, 3.8) is 0 Å². The van der Waals surface area contributed by atoms with Crippen LogP contribution in [0.2, 0.25) is 0 Å². The van der Waals surface area contributed by atoms with Crippen LogP contribution >= 0.6 is 0 Å². The quantitative estimate of drug-likeness (QED) is 0.799. The Kier molecular flexibility index (Phi) is 5.48. The van der Waals surface area contributed by atoms with Crippen molar-refractivity contribution >= 4 is 5.97 Å². The molecule has 1 rings (SSSR count). The fourth-order valence-electron chi connectivity index (χ4n) is 2.29. The Hall–Kier alpha value is -1.42. The molecule has 0 amide bonds. The first-order valence-electron chi connectivity index (χ1n) is 6.56. The Morgan fingerprint density at radius 3 is 2.68 bits per heavy atom. The fraction of sp³-hybridized carbons (Fsp3) is 0.533. The normalized spacial score (nSPS) is 15.8. The highest BCUT2D eigenvalue weighted by molar-refractivity contribution is 5.71. The molecule has 2 atom stereocenters. The summed E-state index contributed by atoms with van der Waals surface area (Å²) in [5.74, 6) is -2.22. The minimum atomic E-state index is -1.38. The number of carboxylic acid groups (broad SMARTS) is 1. The molecule has 19 heavy (non-hydrogen) atoms. The molecular formula is C15H21FO3. The molecule has 2 N–H and O–H groups in total. The van der Waals surface area contributed by atoms with Crippen molar-refractivity contribution in [2.24, 2.45) is 5.92 Å². The Labute approximate surface area is 113 Å². The van der Waals surface area contributed by atoms with Gasteiger partial charge in [-0.1, -0.05) is 31.9 Å². The summed E-state index contributed by atoms with van der Waals surface area (Å²) < 4.78 is 13.1. The van der Waals surface area contributed by atoms with Crippen molar-refractivity contribution < 1.29 is 19.4 Å². The molecule has 4 heteroatoms. The van der Waals surface area contributed by atoms with Crippen molar-refractivity contribution in [3.8, 4) is 0 Å². The number of carbonyl (C=O) groups is 1.